The van der Waals surface area contributed by atoms with Gasteiger partial charge in [-0.2, -0.15) is 13.5 Å². The van der Waals surface area contributed by atoms with Crippen LogP contribution in [0.1, 0.15) is 44.2 Å². The maximum absolute atomic E-state index is 13.9. The first-order chi connectivity index (χ1) is 14.6. The fraction of sp³-hybridized carbons (Fsp3) is 0.440. The Morgan fingerprint density at radius 3 is 2.44 bits per heavy atom. The van der Waals surface area contributed by atoms with Gasteiger partial charge in [0.05, 0.1) is 6.04 Å². The Kier molecular flexibility index (Phi) is 6.85. The van der Waals surface area contributed by atoms with Gasteiger partial charge in [0.1, 0.15) is 5.41 Å². The Labute approximate surface area is 205 Å². The van der Waals surface area contributed by atoms with Gasteiger partial charge in [-0.15, -0.1) is 0 Å². The highest BCUT2D eigenvalue weighted by molar-refractivity contribution is 9.10. The topological polar surface area (TPSA) is 61.4 Å². The van der Waals surface area contributed by atoms with E-state index < -0.39 is 11.5 Å². The average Bonchev–Trinajstić information content (AvgIpc) is 3.16. The number of halogens is 1. The lowest BCUT2D eigenvalue weighted by Gasteiger charge is -2.37. The number of para-hydroxylation sites is 1. The molecule has 4 atom stereocenters. The number of hydrogen-bond donors (Lipinski definition) is 2. The Hall–Kier alpha value is -1.83. The quantitative estimate of drug-likeness (QED) is 0.634. The minimum Gasteiger partial charge on any atom is -0.347 e. The number of anilines is 1. The van der Waals surface area contributed by atoms with E-state index in [1.165, 1.54) is 0 Å². The van der Waals surface area contributed by atoms with Crippen LogP contribution in [0.5, 0.6) is 0 Å². The molecule has 2 amide bonds. The Bertz CT molecular complexity index is 1040. The minimum absolute atomic E-state index is 0. The monoisotopic (exact) mass is 517 g/mol. The van der Waals surface area contributed by atoms with E-state index >= 15 is 0 Å². The third-order valence-electron chi connectivity index (χ3n) is 6.48. The van der Waals surface area contributed by atoms with Crippen molar-refractivity contribution in [2.24, 2.45) is 5.41 Å². The molecule has 2 N–H and O–H groups in total. The van der Waals surface area contributed by atoms with Gasteiger partial charge in [0.25, 0.3) is 0 Å². The number of nitrogens with zero attached hydrogens (tertiary/aromatic N) is 1. The van der Waals surface area contributed by atoms with Gasteiger partial charge in [0.15, 0.2) is 0 Å². The number of amides is 2. The Morgan fingerprint density at radius 1 is 1.12 bits per heavy atom. The summed E-state index contributed by atoms with van der Waals surface area (Å²) in [4.78, 5) is 28.9. The molecule has 0 radical (unpaired) electrons. The van der Waals surface area contributed by atoms with E-state index in [9.17, 15) is 9.59 Å². The molecule has 172 valence electrons. The van der Waals surface area contributed by atoms with E-state index in [0.29, 0.717) is 0 Å². The lowest BCUT2D eigenvalue weighted by Crippen LogP contribution is -2.49. The van der Waals surface area contributed by atoms with Crippen LogP contribution in [-0.4, -0.2) is 42.9 Å². The summed E-state index contributed by atoms with van der Waals surface area (Å²) < 4.78 is 0.933. The van der Waals surface area contributed by atoms with Crippen LogP contribution in [0.3, 0.4) is 0 Å². The van der Waals surface area contributed by atoms with Crippen LogP contribution in [0.25, 0.3) is 0 Å². The van der Waals surface area contributed by atoms with E-state index in [4.69, 9.17) is 0 Å². The minimum atomic E-state index is -0.874. The largest absolute Gasteiger partial charge is 0.347 e. The van der Waals surface area contributed by atoms with E-state index in [2.05, 4.69) is 47.3 Å². The molecule has 2 aliphatic heterocycles. The number of carbonyl (C=O) groups is 2. The van der Waals surface area contributed by atoms with Crippen molar-refractivity contribution in [3.8, 4) is 0 Å². The molecule has 32 heavy (non-hydrogen) atoms. The van der Waals surface area contributed by atoms with Crippen LogP contribution in [0, 0.1) is 5.41 Å². The van der Waals surface area contributed by atoms with Crippen molar-refractivity contribution in [1.29, 1.82) is 0 Å². The normalized spacial score (nSPS) is 26.4. The third-order valence-corrected chi connectivity index (χ3v) is 6.98. The van der Waals surface area contributed by atoms with Crippen molar-refractivity contribution in [2.75, 3.05) is 19.4 Å². The van der Waals surface area contributed by atoms with Crippen molar-refractivity contribution >= 4 is 46.9 Å². The zero-order valence-electron chi connectivity index (χ0n) is 19.2. The molecule has 0 unspecified atom stereocenters. The van der Waals surface area contributed by atoms with Gasteiger partial charge in [-0.25, -0.2) is 0 Å². The first kappa shape index (κ1) is 24.8. The summed E-state index contributed by atoms with van der Waals surface area (Å²) in [7, 11) is 3.54. The second-order valence-corrected chi connectivity index (χ2v) is 11.0. The van der Waals surface area contributed by atoms with Gasteiger partial charge in [0, 0.05) is 36.2 Å². The molecule has 0 aromatic heterocycles. The average molecular weight is 519 g/mol. The first-order valence-corrected chi connectivity index (χ1v) is 11.5. The predicted molar refractivity (Wildman–Crippen MR) is 137 cm³/mol. The van der Waals surface area contributed by atoms with Crippen molar-refractivity contribution in [2.45, 2.75) is 50.6 Å². The molecule has 1 spiro atoms. The molecule has 2 aliphatic rings. The number of likely N-dealkylation sites (N-methyl/N-ethyl adjacent to an activating group) is 1. The van der Waals surface area contributed by atoms with E-state index in [1.54, 1.807) is 19.0 Å². The molecule has 0 aliphatic carbocycles. The molecule has 0 saturated carbocycles. The number of carbonyl (C=O) groups excluding carboxylic acids is 2. The molecule has 4 rings (SSSR count). The number of rotatable bonds is 3. The van der Waals surface area contributed by atoms with E-state index in [0.717, 1.165) is 27.7 Å². The van der Waals surface area contributed by atoms with Gasteiger partial charge in [0.2, 0.25) is 11.8 Å². The van der Waals surface area contributed by atoms with Crippen LogP contribution in [0.15, 0.2) is 53.0 Å². The fourth-order valence-electron chi connectivity index (χ4n) is 5.36. The summed E-state index contributed by atoms with van der Waals surface area (Å²) in [6.07, 6.45) is 0.760. The SMILES string of the molecule is CN(C)C(=O)[C@@H]1N[C@H](CC(C)(C)C)[C@]2(C(=O)Nc3ccccc32)[C@H]1c1cccc(Br)c1.S. The van der Waals surface area contributed by atoms with Crippen molar-refractivity contribution in [1.82, 2.24) is 10.2 Å². The zero-order chi connectivity index (χ0) is 22.6. The first-order valence-electron chi connectivity index (χ1n) is 10.7. The second kappa shape index (κ2) is 8.84. The Morgan fingerprint density at radius 2 is 1.81 bits per heavy atom. The van der Waals surface area contributed by atoms with Crippen molar-refractivity contribution in [3.05, 3.63) is 64.1 Å². The molecule has 5 nitrogen and oxygen atoms in total. The summed E-state index contributed by atoms with van der Waals surface area (Å²) in [6, 6.07) is 15.2. The standard InChI is InChI=1S/C25H30BrN3O2.H2S/c1-24(2,3)14-19-25(17-11-6-7-12-18(17)27-23(25)31)20(15-9-8-10-16(26)13-15)21(28-19)22(30)29(4)5;/h6-13,19-21,28H,14H2,1-5H3,(H,27,31);1H2/t19-,20+,21-,25+;/m1./s1. The maximum Gasteiger partial charge on any atom is 0.239 e. The number of nitrogens with one attached hydrogen (secondary N) is 2. The number of benzene rings is 2. The fourth-order valence-corrected chi connectivity index (χ4v) is 5.78. The highest BCUT2D eigenvalue weighted by atomic mass is 79.9. The summed E-state index contributed by atoms with van der Waals surface area (Å²) in [5, 5.41) is 6.77. The molecule has 2 aromatic carbocycles. The van der Waals surface area contributed by atoms with E-state index in [-0.39, 0.29) is 42.7 Å². The van der Waals surface area contributed by atoms with Crippen molar-refractivity contribution in [3.63, 3.8) is 0 Å². The molecular weight excluding hydrogens is 486 g/mol. The van der Waals surface area contributed by atoms with Gasteiger partial charge >= 0.3 is 0 Å². The van der Waals surface area contributed by atoms with Gasteiger partial charge in [-0.3, -0.25) is 9.59 Å². The van der Waals surface area contributed by atoms with Crippen molar-refractivity contribution < 1.29 is 9.59 Å². The molecular formula is C25H32BrN3O2S. The summed E-state index contributed by atoms with van der Waals surface area (Å²) in [5.41, 5.74) is 1.89. The summed E-state index contributed by atoms with van der Waals surface area (Å²) in [6.45, 7) is 6.53. The lowest BCUT2D eigenvalue weighted by molar-refractivity contribution is -0.131. The zero-order valence-corrected chi connectivity index (χ0v) is 21.8. The molecule has 7 heteroatoms. The maximum atomic E-state index is 13.9. The lowest BCUT2D eigenvalue weighted by atomic mass is 9.62. The molecule has 0 bridgehead atoms. The van der Waals surface area contributed by atoms with Crippen LogP contribution in [-0.2, 0) is 15.0 Å². The van der Waals surface area contributed by atoms with Gasteiger partial charge < -0.3 is 15.5 Å². The van der Waals surface area contributed by atoms with Crippen LogP contribution in [0.4, 0.5) is 5.69 Å². The van der Waals surface area contributed by atoms with Gasteiger partial charge in [-0.05, 0) is 41.2 Å². The Balaban J connectivity index is 0.00000289. The number of fused-ring (bicyclic) bond motifs is 2. The molecule has 2 heterocycles. The van der Waals surface area contributed by atoms with E-state index in [1.807, 2.05) is 48.5 Å². The molecule has 1 saturated heterocycles. The predicted octanol–water partition coefficient (Wildman–Crippen LogP) is 4.40. The third kappa shape index (κ3) is 3.99. The van der Waals surface area contributed by atoms with Crippen LogP contribution < -0.4 is 10.6 Å². The highest BCUT2D eigenvalue weighted by Crippen LogP contribution is 2.56. The summed E-state index contributed by atoms with van der Waals surface area (Å²) >= 11 is 3.59. The second-order valence-electron chi connectivity index (χ2n) is 10.1. The van der Waals surface area contributed by atoms with Crippen LogP contribution in [0.2, 0.25) is 0 Å². The smallest absolute Gasteiger partial charge is 0.239 e. The number of hydrogen-bond acceptors (Lipinski definition) is 3. The van der Waals surface area contributed by atoms with Crippen LogP contribution >= 0.6 is 29.4 Å². The summed E-state index contributed by atoms with van der Waals surface area (Å²) in [5.74, 6) is -0.386. The van der Waals surface area contributed by atoms with Gasteiger partial charge in [-0.1, -0.05) is 67.0 Å². The highest BCUT2D eigenvalue weighted by Gasteiger charge is 2.65. The molecule has 1 fully saturated rings. The molecule has 2 aromatic rings.